The van der Waals surface area contributed by atoms with Gasteiger partial charge in [0.15, 0.2) is 11.9 Å². The van der Waals surface area contributed by atoms with Crippen LogP contribution in [0.15, 0.2) is 30.3 Å². The Hall–Kier alpha value is -2.01. The highest BCUT2D eigenvalue weighted by molar-refractivity contribution is 7.17. The molecule has 22 heavy (non-hydrogen) atoms. The number of aryl methyl sites for hydroxylation is 1. The molecule has 1 aromatic heterocycles. The van der Waals surface area contributed by atoms with Crippen molar-refractivity contribution in [3.8, 4) is 10.6 Å². The lowest BCUT2D eigenvalue weighted by atomic mass is 9.96. The lowest BCUT2D eigenvalue weighted by Gasteiger charge is -2.20. The molecule has 114 valence electrons. The Morgan fingerprint density at radius 3 is 2.77 bits per heavy atom. The van der Waals surface area contributed by atoms with Crippen molar-refractivity contribution in [3.05, 3.63) is 40.9 Å². The number of carbonyl (C=O) groups excluding carboxylic acids is 2. The number of rotatable bonds is 3. The standard InChI is InChI=1S/C17H17NO3S/c1-11-15(17(20)21-14-10-6-5-9-13(14)19)22-16(18-11)12-7-3-2-4-8-12/h2-4,7-8,14H,5-6,9-10H2,1H3/t14-/m0/s1. The van der Waals surface area contributed by atoms with Gasteiger partial charge in [-0.05, 0) is 26.2 Å². The van der Waals surface area contributed by atoms with E-state index in [9.17, 15) is 9.59 Å². The number of Topliss-reactive ketones (excluding diaryl/α,β-unsaturated/α-hetero) is 1. The molecule has 0 saturated heterocycles. The van der Waals surface area contributed by atoms with Gasteiger partial charge in [0.05, 0.1) is 5.69 Å². The van der Waals surface area contributed by atoms with Gasteiger partial charge in [0.2, 0.25) is 0 Å². The predicted molar refractivity (Wildman–Crippen MR) is 85.0 cm³/mol. The van der Waals surface area contributed by atoms with E-state index in [0.29, 0.717) is 23.4 Å². The summed E-state index contributed by atoms with van der Waals surface area (Å²) in [5.74, 6) is -0.400. The second-order valence-electron chi connectivity index (χ2n) is 5.41. The van der Waals surface area contributed by atoms with Crippen LogP contribution in [-0.4, -0.2) is 22.8 Å². The molecule has 2 aromatic rings. The van der Waals surface area contributed by atoms with Gasteiger partial charge in [-0.15, -0.1) is 11.3 Å². The Bertz CT molecular complexity index is 693. The van der Waals surface area contributed by atoms with Gasteiger partial charge in [0, 0.05) is 12.0 Å². The van der Waals surface area contributed by atoms with Gasteiger partial charge in [-0.3, -0.25) is 4.79 Å². The minimum absolute atomic E-state index is 0.0325. The molecule has 1 fully saturated rings. The van der Waals surface area contributed by atoms with Crippen molar-refractivity contribution >= 4 is 23.1 Å². The maximum Gasteiger partial charge on any atom is 0.350 e. The topological polar surface area (TPSA) is 56.3 Å². The molecular formula is C17H17NO3S. The van der Waals surface area contributed by atoms with Crippen molar-refractivity contribution in [1.82, 2.24) is 4.98 Å². The first kappa shape index (κ1) is 14.9. The molecule has 3 rings (SSSR count). The average molecular weight is 315 g/mol. The van der Waals surface area contributed by atoms with Crippen LogP contribution in [0.5, 0.6) is 0 Å². The number of carbonyl (C=O) groups is 2. The second-order valence-corrected chi connectivity index (χ2v) is 6.40. The van der Waals surface area contributed by atoms with Crippen molar-refractivity contribution < 1.29 is 14.3 Å². The fourth-order valence-corrected chi connectivity index (χ4v) is 3.50. The fourth-order valence-electron chi connectivity index (χ4n) is 2.55. The van der Waals surface area contributed by atoms with Crippen molar-refractivity contribution in [2.24, 2.45) is 0 Å². The van der Waals surface area contributed by atoms with Gasteiger partial charge in [-0.25, -0.2) is 9.78 Å². The molecule has 1 heterocycles. The van der Waals surface area contributed by atoms with Crippen LogP contribution >= 0.6 is 11.3 Å². The molecule has 1 saturated carbocycles. The Morgan fingerprint density at radius 2 is 2.05 bits per heavy atom. The predicted octanol–water partition coefficient (Wildman–Crippen LogP) is 3.79. The fraction of sp³-hybridized carbons (Fsp3) is 0.353. The molecule has 5 heteroatoms. The third kappa shape index (κ3) is 3.09. The smallest absolute Gasteiger partial charge is 0.350 e. The van der Waals surface area contributed by atoms with Crippen LogP contribution in [0.1, 0.15) is 41.0 Å². The summed E-state index contributed by atoms with van der Waals surface area (Å²) in [5, 5.41) is 0.792. The van der Waals surface area contributed by atoms with Crippen LogP contribution < -0.4 is 0 Å². The lowest BCUT2D eigenvalue weighted by molar-refractivity contribution is -0.129. The summed E-state index contributed by atoms with van der Waals surface area (Å²) in [6.07, 6.45) is 2.39. The summed E-state index contributed by atoms with van der Waals surface area (Å²) >= 11 is 1.31. The van der Waals surface area contributed by atoms with Gasteiger partial charge in [-0.2, -0.15) is 0 Å². The maximum atomic E-state index is 12.3. The third-order valence-electron chi connectivity index (χ3n) is 3.75. The number of nitrogens with zero attached hydrogens (tertiary/aromatic N) is 1. The zero-order valence-corrected chi connectivity index (χ0v) is 13.2. The van der Waals surface area contributed by atoms with E-state index >= 15 is 0 Å². The minimum Gasteiger partial charge on any atom is -0.450 e. The molecule has 0 radical (unpaired) electrons. The second kappa shape index (κ2) is 6.40. The zero-order chi connectivity index (χ0) is 15.5. The van der Waals surface area contributed by atoms with Gasteiger partial charge in [0.1, 0.15) is 9.88 Å². The molecule has 1 atom stereocenters. The quantitative estimate of drug-likeness (QED) is 0.809. The van der Waals surface area contributed by atoms with Crippen LogP contribution in [0.3, 0.4) is 0 Å². The van der Waals surface area contributed by atoms with E-state index in [2.05, 4.69) is 4.98 Å². The average Bonchev–Trinajstić information content (AvgIpc) is 2.92. The van der Waals surface area contributed by atoms with E-state index in [0.717, 1.165) is 23.4 Å². The van der Waals surface area contributed by atoms with E-state index < -0.39 is 12.1 Å². The first-order chi connectivity index (χ1) is 10.6. The summed E-state index contributed by atoms with van der Waals surface area (Å²) in [6.45, 7) is 1.79. The van der Waals surface area contributed by atoms with Crippen LogP contribution in [-0.2, 0) is 9.53 Å². The molecule has 0 unspecified atom stereocenters. The third-order valence-corrected chi connectivity index (χ3v) is 4.94. The number of ether oxygens (including phenoxy) is 1. The monoisotopic (exact) mass is 315 g/mol. The number of benzene rings is 1. The molecule has 1 aromatic carbocycles. The highest BCUT2D eigenvalue weighted by Gasteiger charge is 2.28. The van der Waals surface area contributed by atoms with Crippen LogP contribution in [0.2, 0.25) is 0 Å². The summed E-state index contributed by atoms with van der Waals surface area (Å²) in [6, 6.07) is 9.72. The Morgan fingerprint density at radius 1 is 1.27 bits per heavy atom. The van der Waals surface area contributed by atoms with Gasteiger partial charge >= 0.3 is 5.97 Å². The van der Waals surface area contributed by atoms with Crippen LogP contribution in [0, 0.1) is 6.92 Å². The summed E-state index contributed by atoms with van der Waals surface area (Å²) in [4.78, 5) is 29.0. The number of esters is 1. The van der Waals surface area contributed by atoms with Crippen molar-refractivity contribution in [3.63, 3.8) is 0 Å². The molecule has 0 spiro atoms. The minimum atomic E-state index is -0.581. The number of ketones is 1. The molecule has 1 aliphatic rings. The van der Waals surface area contributed by atoms with E-state index in [1.807, 2.05) is 30.3 Å². The van der Waals surface area contributed by atoms with E-state index in [1.54, 1.807) is 6.92 Å². The molecule has 0 N–H and O–H groups in total. The van der Waals surface area contributed by atoms with Crippen molar-refractivity contribution in [2.75, 3.05) is 0 Å². The molecule has 0 amide bonds. The summed E-state index contributed by atoms with van der Waals surface area (Å²) < 4.78 is 5.40. The van der Waals surface area contributed by atoms with Crippen LogP contribution in [0.25, 0.3) is 10.6 Å². The molecule has 0 aliphatic heterocycles. The number of hydrogen-bond donors (Lipinski definition) is 0. The Labute approximate surface area is 133 Å². The van der Waals surface area contributed by atoms with E-state index in [1.165, 1.54) is 11.3 Å². The number of aromatic nitrogens is 1. The largest absolute Gasteiger partial charge is 0.450 e. The Kier molecular flexibility index (Phi) is 4.34. The van der Waals surface area contributed by atoms with E-state index in [-0.39, 0.29) is 5.78 Å². The van der Waals surface area contributed by atoms with Crippen molar-refractivity contribution in [2.45, 2.75) is 38.7 Å². The summed E-state index contributed by atoms with van der Waals surface area (Å²) in [7, 11) is 0. The first-order valence-electron chi connectivity index (χ1n) is 7.41. The number of hydrogen-bond acceptors (Lipinski definition) is 5. The van der Waals surface area contributed by atoms with Gasteiger partial charge in [-0.1, -0.05) is 30.3 Å². The van der Waals surface area contributed by atoms with Gasteiger partial charge < -0.3 is 4.74 Å². The van der Waals surface area contributed by atoms with E-state index in [4.69, 9.17) is 4.74 Å². The first-order valence-corrected chi connectivity index (χ1v) is 8.23. The molecule has 1 aliphatic carbocycles. The molecule has 4 nitrogen and oxygen atoms in total. The SMILES string of the molecule is Cc1nc(-c2ccccc2)sc1C(=O)O[C@H]1CCCCC1=O. The summed E-state index contributed by atoms with van der Waals surface area (Å²) in [5.41, 5.74) is 1.63. The normalized spacial score (nSPS) is 18.2. The highest BCUT2D eigenvalue weighted by atomic mass is 32.1. The molecule has 0 bridgehead atoms. The molecular weight excluding hydrogens is 298 g/mol. The van der Waals surface area contributed by atoms with Crippen molar-refractivity contribution in [1.29, 1.82) is 0 Å². The lowest BCUT2D eigenvalue weighted by Crippen LogP contribution is -2.30. The number of thiazole rings is 1. The maximum absolute atomic E-state index is 12.3. The Balaban J connectivity index is 1.78. The van der Waals surface area contributed by atoms with Crippen LogP contribution in [0.4, 0.5) is 0 Å². The van der Waals surface area contributed by atoms with Gasteiger partial charge in [0.25, 0.3) is 0 Å². The zero-order valence-electron chi connectivity index (χ0n) is 12.4. The highest BCUT2D eigenvalue weighted by Crippen LogP contribution is 2.29.